The molecule has 0 bridgehead atoms. The second-order valence-corrected chi connectivity index (χ2v) is 7.84. The zero-order chi connectivity index (χ0) is 24.0. The maximum atomic E-state index is 11.7. The number of carbonyl (C=O) groups is 2. The zero-order valence-corrected chi connectivity index (χ0v) is 19.5. The predicted molar refractivity (Wildman–Crippen MR) is 131 cm³/mol. The van der Waals surface area contributed by atoms with Crippen molar-refractivity contribution in [3.05, 3.63) is 92.5 Å². The number of methoxy groups -OCH3 is 2. The van der Waals surface area contributed by atoms with Crippen LogP contribution in [0, 0.1) is 0 Å². The summed E-state index contributed by atoms with van der Waals surface area (Å²) in [5, 5.41) is 19.6. The molecule has 0 spiro atoms. The molecule has 2 N–H and O–H groups in total. The molecule has 0 atom stereocenters. The summed E-state index contributed by atoms with van der Waals surface area (Å²) in [7, 11) is 2.52. The first kappa shape index (κ1) is 23.8. The first-order valence-electron chi connectivity index (χ1n) is 9.80. The van der Waals surface area contributed by atoms with Crippen LogP contribution in [0.25, 0.3) is 24.3 Å². The van der Waals surface area contributed by atoms with Crippen molar-refractivity contribution in [2.75, 3.05) is 14.2 Å². The highest BCUT2D eigenvalue weighted by Crippen LogP contribution is 2.25. The van der Waals surface area contributed by atoms with E-state index in [9.17, 15) is 19.8 Å². The molecule has 0 saturated heterocycles. The van der Waals surface area contributed by atoms with Gasteiger partial charge in [0.25, 0.3) is 0 Å². The Morgan fingerprint density at radius 1 is 0.697 bits per heavy atom. The minimum absolute atomic E-state index is 0.101. The Bertz CT molecular complexity index is 1260. The van der Waals surface area contributed by atoms with Crippen LogP contribution in [-0.2, 0) is 9.47 Å². The highest BCUT2D eigenvalue weighted by atomic mass is 79.9. The number of hydrogen-bond acceptors (Lipinski definition) is 6. The fourth-order valence-corrected chi connectivity index (χ4v) is 3.55. The van der Waals surface area contributed by atoms with E-state index in [4.69, 9.17) is 0 Å². The van der Waals surface area contributed by atoms with Gasteiger partial charge in [0.1, 0.15) is 22.6 Å². The van der Waals surface area contributed by atoms with E-state index in [2.05, 4.69) is 25.4 Å². The summed E-state index contributed by atoms with van der Waals surface area (Å²) in [5.74, 6) is -1.48. The average molecular weight is 509 g/mol. The molecule has 3 aromatic carbocycles. The Balaban J connectivity index is 1.78. The highest BCUT2D eigenvalue weighted by molar-refractivity contribution is 9.10. The van der Waals surface area contributed by atoms with E-state index in [-0.39, 0.29) is 22.6 Å². The van der Waals surface area contributed by atoms with Gasteiger partial charge in [-0.25, -0.2) is 9.59 Å². The lowest BCUT2D eigenvalue weighted by Gasteiger charge is -2.05. The van der Waals surface area contributed by atoms with Crippen molar-refractivity contribution < 1.29 is 29.3 Å². The van der Waals surface area contributed by atoms with Crippen LogP contribution in [0.4, 0.5) is 0 Å². The summed E-state index contributed by atoms with van der Waals surface area (Å²) in [6.45, 7) is 0. The molecule has 0 aliphatic heterocycles. The van der Waals surface area contributed by atoms with Crippen LogP contribution in [0.2, 0.25) is 0 Å². The standard InChI is InChI=1S/C26H21BrO6/c1-32-25(30)20-13-16(7-11-23(20)28)3-4-18-6-10-19(22(27)15-18)9-5-17-8-12-24(29)21(14-17)26(31)33-2/h3-15,28-29H,1-2H3/b4-3+,9-5+. The van der Waals surface area contributed by atoms with E-state index < -0.39 is 11.9 Å². The van der Waals surface area contributed by atoms with Gasteiger partial charge in [0, 0.05) is 4.47 Å². The molecule has 3 aromatic rings. The molecular weight excluding hydrogens is 488 g/mol. The molecule has 7 heteroatoms. The quantitative estimate of drug-likeness (QED) is 0.324. The van der Waals surface area contributed by atoms with Crippen molar-refractivity contribution in [3.63, 3.8) is 0 Å². The van der Waals surface area contributed by atoms with Gasteiger partial charge in [-0.3, -0.25) is 0 Å². The Labute approximate surface area is 199 Å². The molecule has 0 aromatic heterocycles. The van der Waals surface area contributed by atoms with Gasteiger partial charge in [0.2, 0.25) is 0 Å². The molecular formula is C26H21BrO6. The Morgan fingerprint density at radius 2 is 1.12 bits per heavy atom. The van der Waals surface area contributed by atoms with Gasteiger partial charge in [0.05, 0.1) is 14.2 Å². The van der Waals surface area contributed by atoms with Crippen molar-refractivity contribution in [1.29, 1.82) is 0 Å². The number of aromatic hydroxyl groups is 2. The van der Waals surface area contributed by atoms with Gasteiger partial charge >= 0.3 is 11.9 Å². The van der Waals surface area contributed by atoms with Crippen molar-refractivity contribution in [2.45, 2.75) is 0 Å². The molecule has 0 fully saturated rings. The van der Waals surface area contributed by atoms with Crippen LogP contribution in [0.15, 0.2) is 59.1 Å². The second-order valence-electron chi connectivity index (χ2n) is 6.98. The predicted octanol–water partition coefficient (Wildman–Crippen LogP) is 5.77. The molecule has 0 aliphatic carbocycles. The summed E-state index contributed by atoms with van der Waals surface area (Å²) < 4.78 is 10.2. The number of phenolic OH excluding ortho intramolecular Hbond substituents is 2. The molecule has 0 aliphatic rings. The Morgan fingerprint density at radius 3 is 1.58 bits per heavy atom. The normalized spacial score (nSPS) is 11.1. The molecule has 0 unspecified atom stereocenters. The number of ether oxygens (including phenoxy) is 2. The second kappa shape index (κ2) is 10.7. The summed E-state index contributed by atoms with van der Waals surface area (Å²) in [4.78, 5) is 23.5. The van der Waals surface area contributed by atoms with Gasteiger partial charge in [0.15, 0.2) is 0 Å². The van der Waals surface area contributed by atoms with Crippen molar-refractivity contribution in [1.82, 2.24) is 0 Å². The van der Waals surface area contributed by atoms with Crippen LogP contribution in [0.1, 0.15) is 43.0 Å². The maximum Gasteiger partial charge on any atom is 0.341 e. The van der Waals surface area contributed by atoms with Crippen LogP contribution in [0.3, 0.4) is 0 Å². The first-order valence-corrected chi connectivity index (χ1v) is 10.6. The number of carbonyl (C=O) groups excluding carboxylic acids is 2. The first-order chi connectivity index (χ1) is 15.8. The third-order valence-electron chi connectivity index (χ3n) is 4.80. The van der Waals surface area contributed by atoms with Crippen LogP contribution in [-0.4, -0.2) is 36.4 Å². The van der Waals surface area contributed by atoms with E-state index in [1.165, 1.54) is 26.4 Å². The smallest absolute Gasteiger partial charge is 0.341 e. The molecule has 3 rings (SSSR count). The topological polar surface area (TPSA) is 93.1 Å². The summed E-state index contributed by atoms with van der Waals surface area (Å²) >= 11 is 3.56. The minimum Gasteiger partial charge on any atom is -0.507 e. The number of benzene rings is 3. The van der Waals surface area contributed by atoms with Crippen molar-refractivity contribution in [3.8, 4) is 11.5 Å². The van der Waals surface area contributed by atoms with E-state index in [1.807, 2.05) is 42.5 Å². The lowest BCUT2D eigenvalue weighted by Crippen LogP contribution is -2.01. The number of hydrogen-bond donors (Lipinski definition) is 2. The molecule has 0 heterocycles. The van der Waals surface area contributed by atoms with Crippen LogP contribution < -0.4 is 0 Å². The molecule has 168 valence electrons. The van der Waals surface area contributed by atoms with E-state index in [1.54, 1.807) is 24.3 Å². The number of esters is 2. The molecule has 0 amide bonds. The van der Waals surface area contributed by atoms with E-state index in [0.29, 0.717) is 0 Å². The van der Waals surface area contributed by atoms with Gasteiger partial charge in [-0.1, -0.05) is 64.5 Å². The number of rotatable bonds is 6. The van der Waals surface area contributed by atoms with Gasteiger partial charge in [-0.2, -0.15) is 0 Å². The van der Waals surface area contributed by atoms with Gasteiger partial charge in [-0.15, -0.1) is 0 Å². The fraction of sp³-hybridized carbons (Fsp3) is 0.0769. The highest BCUT2D eigenvalue weighted by Gasteiger charge is 2.12. The van der Waals surface area contributed by atoms with E-state index >= 15 is 0 Å². The maximum absolute atomic E-state index is 11.7. The average Bonchev–Trinajstić information content (AvgIpc) is 2.82. The SMILES string of the molecule is COC(=O)c1cc(/C=C/c2ccc(/C=C/c3ccc(O)c(C(=O)OC)c3)c(Br)c2)ccc1O. The van der Waals surface area contributed by atoms with Gasteiger partial charge in [-0.05, 0) is 52.6 Å². The van der Waals surface area contributed by atoms with Crippen LogP contribution in [0.5, 0.6) is 11.5 Å². The lowest BCUT2D eigenvalue weighted by atomic mass is 10.1. The summed E-state index contributed by atoms with van der Waals surface area (Å²) in [6.07, 6.45) is 7.42. The van der Waals surface area contributed by atoms with Gasteiger partial charge < -0.3 is 19.7 Å². The van der Waals surface area contributed by atoms with E-state index in [0.717, 1.165) is 26.7 Å². The largest absolute Gasteiger partial charge is 0.507 e. The van der Waals surface area contributed by atoms with Crippen LogP contribution >= 0.6 is 15.9 Å². The fourth-order valence-electron chi connectivity index (χ4n) is 3.02. The molecule has 33 heavy (non-hydrogen) atoms. The Kier molecular flexibility index (Phi) is 7.69. The Hall–Kier alpha value is -3.84. The third-order valence-corrected chi connectivity index (χ3v) is 5.49. The number of phenols is 2. The summed E-state index contributed by atoms with van der Waals surface area (Å²) in [5.41, 5.74) is 3.51. The lowest BCUT2D eigenvalue weighted by molar-refractivity contribution is 0.0588. The minimum atomic E-state index is -0.604. The summed E-state index contributed by atoms with van der Waals surface area (Å²) in [6, 6.07) is 15.2. The zero-order valence-electron chi connectivity index (χ0n) is 17.9. The molecule has 6 nitrogen and oxygen atoms in total. The monoisotopic (exact) mass is 508 g/mol. The van der Waals surface area contributed by atoms with Crippen molar-refractivity contribution >= 4 is 52.2 Å². The molecule has 0 saturated carbocycles. The number of halogens is 1. The molecule has 0 radical (unpaired) electrons. The van der Waals surface area contributed by atoms with Crippen molar-refractivity contribution in [2.24, 2.45) is 0 Å². The third kappa shape index (κ3) is 5.90.